The summed E-state index contributed by atoms with van der Waals surface area (Å²) in [5.41, 5.74) is 0.106. The van der Waals surface area contributed by atoms with Crippen LogP contribution in [0.5, 0.6) is 0 Å². The van der Waals surface area contributed by atoms with Crippen LogP contribution in [0.25, 0.3) is 0 Å². The molecule has 98 valence electrons. The van der Waals surface area contributed by atoms with Gasteiger partial charge in [-0.05, 0) is 37.0 Å². The van der Waals surface area contributed by atoms with Crippen LogP contribution in [-0.4, -0.2) is 33.0 Å². The van der Waals surface area contributed by atoms with Gasteiger partial charge in [-0.1, -0.05) is 6.07 Å². The van der Waals surface area contributed by atoms with Crippen LogP contribution >= 0.6 is 0 Å². The van der Waals surface area contributed by atoms with Crippen molar-refractivity contribution in [1.29, 1.82) is 0 Å². The minimum Gasteiger partial charge on any atom is -0.478 e. The number of benzene rings is 1. The second-order valence-electron chi connectivity index (χ2n) is 4.35. The Labute approximate surface area is 107 Å². The fourth-order valence-electron chi connectivity index (χ4n) is 1.73. The third kappa shape index (κ3) is 3.16. The van der Waals surface area contributed by atoms with Crippen molar-refractivity contribution < 1.29 is 19.2 Å². The van der Waals surface area contributed by atoms with Gasteiger partial charge in [0, 0.05) is 6.04 Å². The number of nitrogens with one attached hydrogen (secondary N) is 1. The number of carbonyl (C=O) groups is 1. The van der Waals surface area contributed by atoms with Gasteiger partial charge in [-0.3, -0.25) is 0 Å². The number of carboxylic acids is 1. The summed E-state index contributed by atoms with van der Waals surface area (Å²) in [6.07, 6.45) is 2.06. The van der Waals surface area contributed by atoms with Gasteiger partial charge in [0.1, 0.15) is 11.0 Å². The third-order valence-electron chi connectivity index (χ3n) is 2.94. The lowest BCUT2D eigenvalue weighted by Crippen LogP contribution is -2.35. The number of aliphatic hydroxyl groups is 1. The molecular weight excluding hydrogens is 254 g/mol. The van der Waals surface area contributed by atoms with Gasteiger partial charge in [0.25, 0.3) is 0 Å². The minimum atomic E-state index is -1.49. The molecule has 6 heteroatoms. The van der Waals surface area contributed by atoms with Gasteiger partial charge in [0.15, 0.2) is 0 Å². The van der Waals surface area contributed by atoms with Gasteiger partial charge in [-0.15, -0.1) is 0 Å². The Morgan fingerprint density at radius 1 is 1.50 bits per heavy atom. The molecule has 1 aromatic rings. The normalized spacial score (nSPS) is 18.3. The summed E-state index contributed by atoms with van der Waals surface area (Å²) in [6, 6.07) is 5.82. The Morgan fingerprint density at radius 3 is 2.78 bits per heavy atom. The van der Waals surface area contributed by atoms with Gasteiger partial charge < -0.3 is 10.2 Å². The van der Waals surface area contributed by atoms with Crippen molar-refractivity contribution in [2.75, 3.05) is 6.61 Å². The molecule has 1 fully saturated rings. The quantitative estimate of drug-likeness (QED) is 0.712. The molecule has 0 amide bonds. The highest BCUT2D eigenvalue weighted by Gasteiger charge is 2.31. The Morgan fingerprint density at radius 2 is 2.22 bits per heavy atom. The van der Waals surface area contributed by atoms with Gasteiger partial charge in [0.2, 0.25) is 0 Å². The van der Waals surface area contributed by atoms with E-state index in [1.165, 1.54) is 12.1 Å². The van der Waals surface area contributed by atoms with Gasteiger partial charge >= 0.3 is 5.97 Å². The Hall–Kier alpha value is -1.24. The van der Waals surface area contributed by atoms with Crippen LogP contribution in [0.15, 0.2) is 29.2 Å². The first-order valence-corrected chi connectivity index (χ1v) is 6.89. The van der Waals surface area contributed by atoms with E-state index in [4.69, 9.17) is 5.11 Å². The highest BCUT2D eigenvalue weighted by molar-refractivity contribution is 7.83. The first-order valence-electron chi connectivity index (χ1n) is 5.74. The summed E-state index contributed by atoms with van der Waals surface area (Å²) >= 11 is 0. The summed E-state index contributed by atoms with van der Waals surface area (Å²) in [4.78, 5) is 11.2. The lowest BCUT2D eigenvalue weighted by Gasteiger charge is -2.14. The van der Waals surface area contributed by atoms with Crippen molar-refractivity contribution in [2.24, 2.45) is 5.92 Å². The molecule has 0 aromatic heterocycles. The molecule has 2 rings (SSSR count). The summed E-state index contributed by atoms with van der Waals surface area (Å²) in [6.45, 7) is -0.0605. The molecule has 0 heterocycles. The van der Waals surface area contributed by atoms with Gasteiger partial charge in [0.05, 0.1) is 17.1 Å². The van der Waals surface area contributed by atoms with E-state index in [1.54, 1.807) is 12.1 Å². The molecule has 5 nitrogen and oxygen atoms in total. The number of hydrogen-bond acceptors (Lipinski definition) is 3. The first kappa shape index (κ1) is 13.2. The highest BCUT2D eigenvalue weighted by atomic mass is 32.2. The predicted molar refractivity (Wildman–Crippen MR) is 66.5 cm³/mol. The molecule has 1 aliphatic carbocycles. The van der Waals surface area contributed by atoms with Crippen molar-refractivity contribution >= 4 is 17.0 Å². The van der Waals surface area contributed by atoms with Crippen LogP contribution < -0.4 is 4.72 Å². The van der Waals surface area contributed by atoms with Crippen LogP contribution in [0.1, 0.15) is 23.2 Å². The zero-order valence-corrected chi connectivity index (χ0v) is 10.5. The Kier molecular flexibility index (Phi) is 4.11. The minimum absolute atomic E-state index is 0.0605. The van der Waals surface area contributed by atoms with Crippen molar-refractivity contribution in [3.05, 3.63) is 29.8 Å². The monoisotopic (exact) mass is 269 g/mol. The van der Waals surface area contributed by atoms with Crippen LogP contribution in [0.2, 0.25) is 0 Å². The average molecular weight is 269 g/mol. The maximum atomic E-state index is 12.0. The SMILES string of the molecule is O=C(O)c1cccc(S(=O)NC(CO)C2CC2)c1. The maximum Gasteiger partial charge on any atom is 0.335 e. The molecular formula is C12H15NO4S. The molecule has 0 aliphatic heterocycles. The van der Waals surface area contributed by atoms with E-state index in [2.05, 4.69) is 4.72 Å². The molecule has 0 bridgehead atoms. The number of hydrogen-bond donors (Lipinski definition) is 3. The van der Waals surface area contributed by atoms with Crippen molar-refractivity contribution in [1.82, 2.24) is 4.72 Å². The molecule has 1 saturated carbocycles. The van der Waals surface area contributed by atoms with E-state index >= 15 is 0 Å². The predicted octanol–water partition coefficient (Wildman–Crippen LogP) is 0.768. The zero-order chi connectivity index (χ0) is 13.1. The van der Waals surface area contributed by atoms with Crippen LogP contribution in [-0.2, 0) is 11.0 Å². The summed E-state index contributed by atoms with van der Waals surface area (Å²) in [5.74, 6) is -0.670. The molecule has 0 radical (unpaired) electrons. The molecule has 0 saturated heterocycles. The summed E-state index contributed by atoms with van der Waals surface area (Å²) < 4.78 is 14.9. The molecule has 1 aromatic carbocycles. The highest BCUT2D eigenvalue weighted by Crippen LogP contribution is 2.32. The molecule has 1 aliphatic rings. The van der Waals surface area contributed by atoms with Crippen LogP contribution in [0, 0.1) is 5.92 Å². The van der Waals surface area contributed by atoms with Crippen molar-refractivity contribution in [3.63, 3.8) is 0 Å². The Bertz CT molecular complexity index is 473. The van der Waals surface area contributed by atoms with Crippen molar-refractivity contribution in [2.45, 2.75) is 23.8 Å². The smallest absolute Gasteiger partial charge is 0.335 e. The lowest BCUT2D eigenvalue weighted by atomic mass is 10.2. The lowest BCUT2D eigenvalue weighted by molar-refractivity contribution is 0.0696. The third-order valence-corrected chi connectivity index (χ3v) is 4.14. The number of carboxylic acid groups (broad SMARTS) is 1. The molecule has 2 unspecified atom stereocenters. The van der Waals surface area contributed by atoms with E-state index in [1.807, 2.05) is 0 Å². The number of aromatic carboxylic acids is 1. The zero-order valence-electron chi connectivity index (χ0n) is 9.70. The fraction of sp³-hybridized carbons (Fsp3) is 0.417. The second kappa shape index (κ2) is 5.60. The fourth-order valence-corrected chi connectivity index (χ4v) is 2.85. The van der Waals surface area contributed by atoms with Gasteiger partial charge in [-0.2, -0.15) is 0 Å². The molecule has 2 atom stereocenters. The summed E-state index contributed by atoms with van der Waals surface area (Å²) in [5, 5.41) is 18.0. The van der Waals surface area contributed by atoms with E-state index in [0.29, 0.717) is 10.8 Å². The Balaban J connectivity index is 2.08. The van der Waals surface area contributed by atoms with Crippen molar-refractivity contribution in [3.8, 4) is 0 Å². The number of aliphatic hydroxyl groups excluding tert-OH is 1. The molecule has 3 N–H and O–H groups in total. The first-order chi connectivity index (χ1) is 8.61. The summed E-state index contributed by atoms with van der Waals surface area (Å²) in [7, 11) is -1.49. The van der Waals surface area contributed by atoms with Crippen LogP contribution in [0.3, 0.4) is 0 Å². The number of rotatable bonds is 6. The standard InChI is InChI=1S/C12H15NO4S/c14-7-11(8-4-5-8)13-18(17)10-3-1-2-9(6-10)12(15)16/h1-3,6,8,11,13-14H,4-5,7H2,(H,15,16). The van der Waals surface area contributed by atoms with E-state index in [9.17, 15) is 14.1 Å². The van der Waals surface area contributed by atoms with E-state index in [-0.39, 0.29) is 18.2 Å². The topological polar surface area (TPSA) is 86.6 Å². The van der Waals surface area contributed by atoms with E-state index in [0.717, 1.165) is 12.8 Å². The van der Waals surface area contributed by atoms with Gasteiger partial charge in [-0.25, -0.2) is 13.7 Å². The molecule has 0 spiro atoms. The molecule has 18 heavy (non-hydrogen) atoms. The van der Waals surface area contributed by atoms with E-state index < -0.39 is 17.0 Å². The maximum absolute atomic E-state index is 12.0. The van der Waals surface area contributed by atoms with Crippen LogP contribution in [0.4, 0.5) is 0 Å². The average Bonchev–Trinajstić information content (AvgIpc) is 3.20. The largest absolute Gasteiger partial charge is 0.478 e. The second-order valence-corrected chi connectivity index (χ2v) is 5.59.